The smallest absolute Gasteiger partial charge is 0.130 e. The van der Waals surface area contributed by atoms with Crippen molar-refractivity contribution in [2.75, 3.05) is 5.32 Å². The standard InChI is InChI=1S/C9H13ClN2O.C2H6/c1-6-4-8(11-5-7(6)10)12-9(2,3)13;1-2/h4-5,13H,1-3H3,(H,11,12);1-2H3. The number of aryl methyl sites for hydroxylation is 1. The lowest BCUT2D eigenvalue weighted by molar-refractivity contribution is 0.111. The maximum atomic E-state index is 9.45. The van der Waals surface area contributed by atoms with Crippen LogP contribution in [0.2, 0.25) is 5.02 Å². The van der Waals surface area contributed by atoms with Gasteiger partial charge in [0.25, 0.3) is 0 Å². The quantitative estimate of drug-likeness (QED) is 0.767. The highest BCUT2D eigenvalue weighted by atomic mass is 35.5. The number of nitrogens with one attached hydrogen (secondary N) is 1. The monoisotopic (exact) mass is 230 g/mol. The molecule has 0 aromatic carbocycles. The molecule has 0 spiro atoms. The summed E-state index contributed by atoms with van der Waals surface area (Å²) in [6.07, 6.45) is 1.56. The van der Waals surface area contributed by atoms with Crippen LogP contribution in [0.25, 0.3) is 0 Å². The van der Waals surface area contributed by atoms with E-state index in [2.05, 4.69) is 10.3 Å². The second kappa shape index (κ2) is 5.93. The Morgan fingerprint density at radius 1 is 1.40 bits per heavy atom. The van der Waals surface area contributed by atoms with E-state index in [0.29, 0.717) is 10.8 Å². The molecule has 0 fully saturated rings. The Morgan fingerprint density at radius 2 is 1.93 bits per heavy atom. The van der Waals surface area contributed by atoms with Crippen molar-refractivity contribution in [1.82, 2.24) is 4.98 Å². The molecule has 0 atom stereocenters. The molecule has 1 heterocycles. The maximum absolute atomic E-state index is 9.45. The highest BCUT2D eigenvalue weighted by Gasteiger charge is 2.12. The third-order valence-corrected chi connectivity index (χ3v) is 1.88. The summed E-state index contributed by atoms with van der Waals surface area (Å²) in [7, 11) is 0. The highest BCUT2D eigenvalue weighted by Crippen LogP contribution is 2.18. The molecule has 1 rings (SSSR count). The van der Waals surface area contributed by atoms with E-state index in [-0.39, 0.29) is 0 Å². The number of pyridine rings is 1. The average molecular weight is 231 g/mol. The predicted molar refractivity (Wildman–Crippen MR) is 65.3 cm³/mol. The fourth-order valence-corrected chi connectivity index (χ4v) is 1.02. The largest absolute Gasteiger partial charge is 0.372 e. The minimum atomic E-state index is -0.965. The molecular formula is C11H19ClN2O. The van der Waals surface area contributed by atoms with Crippen LogP contribution in [-0.2, 0) is 0 Å². The predicted octanol–water partition coefficient (Wildman–Crippen LogP) is 3.21. The first-order valence-corrected chi connectivity index (χ1v) is 5.39. The zero-order valence-electron chi connectivity index (χ0n) is 9.93. The molecule has 0 amide bonds. The maximum Gasteiger partial charge on any atom is 0.130 e. The fourth-order valence-electron chi connectivity index (χ4n) is 0.921. The molecule has 0 unspecified atom stereocenters. The molecule has 2 N–H and O–H groups in total. The molecule has 1 aromatic heterocycles. The lowest BCUT2D eigenvalue weighted by Crippen LogP contribution is -2.30. The van der Waals surface area contributed by atoms with Crippen LogP contribution in [0, 0.1) is 6.92 Å². The van der Waals surface area contributed by atoms with Crippen LogP contribution >= 0.6 is 11.6 Å². The summed E-state index contributed by atoms with van der Waals surface area (Å²) in [6.45, 7) is 9.19. The van der Waals surface area contributed by atoms with Gasteiger partial charge in [-0.3, -0.25) is 0 Å². The normalized spacial score (nSPS) is 10.3. The Hall–Kier alpha value is -0.800. The molecule has 4 heteroatoms. The fraction of sp³-hybridized carbons (Fsp3) is 0.545. The van der Waals surface area contributed by atoms with Gasteiger partial charge in [-0.25, -0.2) is 4.98 Å². The average Bonchev–Trinajstić information content (AvgIpc) is 2.12. The summed E-state index contributed by atoms with van der Waals surface area (Å²) < 4.78 is 0. The molecule has 0 aliphatic heterocycles. The molecule has 0 saturated carbocycles. The van der Waals surface area contributed by atoms with Crippen LogP contribution in [0.4, 0.5) is 5.82 Å². The summed E-state index contributed by atoms with van der Waals surface area (Å²) in [4.78, 5) is 4.02. The molecule has 3 nitrogen and oxygen atoms in total. The number of aliphatic hydroxyl groups is 1. The molecule has 0 bridgehead atoms. The van der Waals surface area contributed by atoms with E-state index in [1.54, 1.807) is 26.1 Å². The molecule has 1 aromatic rings. The molecule has 0 saturated heterocycles. The van der Waals surface area contributed by atoms with Crippen LogP contribution in [0.3, 0.4) is 0 Å². The van der Waals surface area contributed by atoms with Gasteiger partial charge in [-0.1, -0.05) is 25.4 Å². The first kappa shape index (κ1) is 14.2. The number of nitrogens with zero attached hydrogens (tertiary/aromatic N) is 1. The Labute approximate surface area is 96.5 Å². The summed E-state index contributed by atoms with van der Waals surface area (Å²) in [5, 5.41) is 12.9. The van der Waals surface area contributed by atoms with Gasteiger partial charge in [0, 0.05) is 6.20 Å². The van der Waals surface area contributed by atoms with Crippen LogP contribution in [0.1, 0.15) is 33.3 Å². The SMILES string of the molecule is CC.Cc1cc(NC(C)(C)O)ncc1Cl. The highest BCUT2D eigenvalue weighted by molar-refractivity contribution is 6.31. The summed E-state index contributed by atoms with van der Waals surface area (Å²) in [5.41, 5.74) is -0.0313. The van der Waals surface area contributed by atoms with Crippen molar-refractivity contribution in [2.45, 2.75) is 40.3 Å². The lowest BCUT2D eigenvalue weighted by Gasteiger charge is -2.20. The Balaban J connectivity index is 0.000000921. The van der Waals surface area contributed by atoms with Gasteiger partial charge in [-0.05, 0) is 32.4 Å². The summed E-state index contributed by atoms with van der Waals surface area (Å²) in [5.74, 6) is 0.620. The third-order valence-electron chi connectivity index (χ3n) is 1.48. The van der Waals surface area contributed by atoms with Gasteiger partial charge < -0.3 is 10.4 Å². The van der Waals surface area contributed by atoms with Gasteiger partial charge >= 0.3 is 0 Å². The van der Waals surface area contributed by atoms with Crippen LogP contribution in [0.5, 0.6) is 0 Å². The van der Waals surface area contributed by atoms with Gasteiger partial charge in [0.1, 0.15) is 11.5 Å². The minimum Gasteiger partial charge on any atom is -0.372 e. The van der Waals surface area contributed by atoms with Gasteiger partial charge in [-0.15, -0.1) is 0 Å². The molecular weight excluding hydrogens is 212 g/mol. The lowest BCUT2D eigenvalue weighted by atomic mass is 10.2. The molecule has 0 radical (unpaired) electrons. The van der Waals surface area contributed by atoms with E-state index in [9.17, 15) is 5.11 Å². The van der Waals surface area contributed by atoms with Crippen molar-refractivity contribution in [1.29, 1.82) is 0 Å². The van der Waals surface area contributed by atoms with E-state index >= 15 is 0 Å². The van der Waals surface area contributed by atoms with E-state index < -0.39 is 5.72 Å². The van der Waals surface area contributed by atoms with E-state index in [1.807, 2.05) is 20.8 Å². The topological polar surface area (TPSA) is 45.1 Å². The third kappa shape index (κ3) is 5.60. The van der Waals surface area contributed by atoms with Gasteiger partial charge in [0.2, 0.25) is 0 Å². The first-order chi connectivity index (χ1) is 6.88. The van der Waals surface area contributed by atoms with Crippen LogP contribution in [0.15, 0.2) is 12.3 Å². The number of hydrogen-bond donors (Lipinski definition) is 2. The first-order valence-electron chi connectivity index (χ1n) is 5.01. The zero-order valence-corrected chi connectivity index (χ0v) is 10.7. The Morgan fingerprint density at radius 3 is 2.33 bits per heavy atom. The Kier molecular flexibility index (Phi) is 5.61. The summed E-state index contributed by atoms with van der Waals surface area (Å²) in [6, 6.07) is 1.79. The summed E-state index contributed by atoms with van der Waals surface area (Å²) >= 11 is 5.80. The number of halogens is 1. The number of aromatic nitrogens is 1. The second-order valence-electron chi connectivity index (χ2n) is 3.50. The van der Waals surface area contributed by atoms with Crippen molar-refractivity contribution >= 4 is 17.4 Å². The second-order valence-corrected chi connectivity index (χ2v) is 3.91. The zero-order chi connectivity index (χ0) is 12.1. The molecule has 86 valence electrons. The van der Waals surface area contributed by atoms with Crippen molar-refractivity contribution in [3.8, 4) is 0 Å². The molecule has 15 heavy (non-hydrogen) atoms. The van der Waals surface area contributed by atoms with Gasteiger partial charge in [0.05, 0.1) is 5.02 Å². The van der Waals surface area contributed by atoms with Crippen molar-refractivity contribution in [2.24, 2.45) is 0 Å². The van der Waals surface area contributed by atoms with Crippen molar-refractivity contribution < 1.29 is 5.11 Å². The van der Waals surface area contributed by atoms with Crippen LogP contribution < -0.4 is 5.32 Å². The molecule has 0 aliphatic carbocycles. The van der Waals surface area contributed by atoms with E-state index in [4.69, 9.17) is 11.6 Å². The van der Waals surface area contributed by atoms with E-state index in [1.165, 1.54) is 0 Å². The number of anilines is 1. The van der Waals surface area contributed by atoms with E-state index in [0.717, 1.165) is 5.56 Å². The van der Waals surface area contributed by atoms with Crippen LogP contribution in [-0.4, -0.2) is 15.8 Å². The van der Waals surface area contributed by atoms with Gasteiger partial charge in [0.15, 0.2) is 0 Å². The number of hydrogen-bond acceptors (Lipinski definition) is 3. The van der Waals surface area contributed by atoms with Gasteiger partial charge in [-0.2, -0.15) is 0 Å². The number of rotatable bonds is 2. The Bertz CT molecular complexity index is 308. The molecule has 0 aliphatic rings. The minimum absolute atomic E-state index is 0.620. The van der Waals surface area contributed by atoms with Crippen molar-refractivity contribution in [3.63, 3.8) is 0 Å². The van der Waals surface area contributed by atoms with Crippen molar-refractivity contribution in [3.05, 3.63) is 22.8 Å².